The Labute approximate surface area is 129 Å². The van der Waals surface area contributed by atoms with Gasteiger partial charge in [-0.05, 0) is 24.6 Å². The first kappa shape index (κ1) is 16.0. The van der Waals surface area contributed by atoms with E-state index in [0.717, 1.165) is 19.2 Å². The molecule has 0 saturated heterocycles. The summed E-state index contributed by atoms with van der Waals surface area (Å²) in [6.07, 6.45) is 7.14. The van der Waals surface area contributed by atoms with E-state index in [1.807, 2.05) is 10.8 Å². The minimum atomic E-state index is -3.36. The zero-order chi connectivity index (χ0) is 16.0. The van der Waals surface area contributed by atoms with Gasteiger partial charge in [0.15, 0.2) is 0 Å². The quantitative estimate of drug-likeness (QED) is 0.746. The normalized spacial score (nSPS) is 11.1. The minimum Gasteiger partial charge on any atom is -0.352 e. The summed E-state index contributed by atoms with van der Waals surface area (Å²) in [6, 6.07) is 6.37. The lowest BCUT2D eigenvalue weighted by Crippen LogP contribution is -2.25. The molecular formula is C14H18N4O3S. The average Bonchev–Trinajstić information content (AvgIpc) is 2.95. The molecule has 8 heteroatoms. The number of amides is 1. The van der Waals surface area contributed by atoms with Gasteiger partial charge in [0.1, 0.15) is 0 Å². The zero-order valence-electron chi connectivity index (χ0n) is 12.2. The lowest BCUT2D eigenvalue weighted by atomic mass is 10.2. The Kier molecular flexibility index (Phi) is 5.16. The van der Waals surface area contributed by atoms with Gasteiger partial charge < -0.3 is 9.88 Å². The molecule has 118 valence electrons. The number of imidazole rings is 1. The van der Waals surface area contributed by atoms with E-state index in [9.17, 15) is 13.2 Å². The number of sulfonamides is 1. The van der Waals surface area contributed by atoms with E-state index in [4.69, 9.17) is 0 Å². The van der Waals surface area contributed by atoms with E-state index in [1.54, 1.807) is 30.7 Å². The van der Waals surface area contributed by atoms with Crippen LogP contribution in [0.3, 0.4) is 0 Å². The summed E-state index contributed by atoms with van der Waals surface area (Å²) < 4.78 is 26.6. The summed E-state index contributed by atoms with van der Waals surface area (Å²) in [6.45, 7) is 1.30. The molecule has 2 aromatic rings. The summed E-state index contributed by atoms with van der Waals surface area (Å²) in [5.74, 6) is -0.234. The van der Waals surface area contributed by atoms with Crippen LogP contribution in [0.2, 0.25) is 0 Å². The predicted molar refractivity (Wildman–Crippen MR) is 84.1 cm³/mol. The molecule has 1 heterocycles. The SMILES string of the molecule is CS(=O)(=O)Nc1cccc(C(=O)NCCCn2ccnc2)c1. The van der Waals surface area contributed by atoms with Crippen molar-refractivity contribution in [1.29, 1.82) is 0 Å². The summed E-state index contributed by atoms with van der Waals surface area (Å²) >= 11 is 0. The topological polar surface area (TPSA) is 93.1 Å². The summed E-state index contributed by atoms with van der Waals surface area (Å²) in [5.41, 5.74) is 0.782. The maximum atomic E-state index is 12.0. The third kappa shape index (κ3) is 5.21. The fourth-order valence-corrected chi connectivity index (χ4v) is 2.48. The Morgan fingerprint density at radius 2 is 2.18 bits per heavy atom. The van der Waals surface area contributed by atoms with Crippen LogP contribution in [0.5, 0.6) is 0 Å². The van der Waals surface area contributed by atoms with E-state index in [0.29, 0.717) is 17.8 Å². The van der Waals surface area contributed by atoms with E-state index in [-0.39, 0.29) is 5.91 Å². The van der Waals surface area contributed by atoms with Gasteiger partial charge in [-0.25, -0.2) is 13.4 Å². The highest BCUT2D eigenvalue weighted by atomic mass is 32.2. The number of aryl methyl sites for hydroxylation is 1. The highest BCUT2D eigenvalue weighted by Crippen LogP contribution is 2.11. The van der Waals surface area contributed by atoms with Gasteiger partial charge in [0, 0.05) is 36.7 Å². The van der Waals surface area contributed by atoms with Gasteiger partial charge in [-0.1, -0.05) is 6.07 Å². The second-order valence-electron chi connectivity index (χ2n) is 4.86. The van der Waals surface area contributed by atoms with Crippen molar-refractivity contribution in [2.24, 2.45) is 0 Å². The molecule has 2 rings (SSSR count). The highest BCUT2D eigenvalue weighted by Gasteiger charge is 2.07. The fraction of sp³-hybridized carbons (Fsp3) is 0.286. The lowest BCUT2D eigenvalue weighted by Gasteiger charge is -2.08. The number of anilines is 1. The van der Waals surface area contributed by atoms with Crippen molar-refractivity contribution in [2.45, 2.75) is 13.0 Å². The molecule has 0 aliphatic heterocycles. The number of hydrogen-bond donors (Lipinski definition) is 2. The lowest BCUT2D eigenvalue weighted by molar-refractivity contribution is 0.0952. The van der Waals surface area contributed by atoms with Gasteiger partial charge in [0.2, 0.25) is 10.0 Å². The molecule has 2 N–H and O–H groups in total. The molecule has 0 aliphatic rings. The van der Waals surface area contributed by atoms with Crippen LogP contribution in [-0.2, 0) is 16.6 Å². The molecule has 0 radical (unpaired) electrons. The number of carbonyl (C=O) groups excluding carboxylic acids is 1. The number of nitrogens with zero attached hydrogens (tertiary/aromatic N) is 2. The molecule has 0 fully saturated rings. The van der Waals surface area contributed by atoms with Crippen molar-refractivity contribution in [3.8, 4) is 0 Å². The standard InChI is InChI=1S/C14H18N4O3S/c1-22(20,21)17-13-5-2-4-12(10-13)14(19)16-6-3-8-18-9-7-15-11-18/h2,4-5,7,9-11,17H,3,6,8H2,1H3,(H,16,19). The number of hydrogen-bond acceptors (Lipinski definition) is 4. The predicted octanol–water partition coefficient (Wildman–Crippen LogP) is 1.07. The van der Waals surface area contributed by atoms with Gasteiger partial charge in [-0.15, -0.1) is 0 Å². The number of carbonyl (C=O) groups is 1. The van der Waals surface area contributed by atoms with Crippen molar-refractivity contribution in [3.63, 3.8) is 0 Å². The molecule has 0 unspecified atom stereocenters. The molecule has 0 spiro atoms. The van der Waals surface area contributed by atoms with Gasteiger partial charge in [0.25, 0.3) is 5.91 Å². The van der Waals surface area contributed by atoms with E-state index in [1.165, 1.54) is 6.07 Å². The van der Waals surface area contributed by atoms with Crippen LogP contribution >= 0.6 is 0 Å². The minimum absolute atomic E-state index is 0.234. The maximum absolute atomic E-state index is 12.0. The van der Waals surface area contributed by atoms with Gasteiger partial charge in [-0.2, -0.15) is 0 Å². The van der Waals surface area contributed by atoms with Gasteiger partial charge in [0.05, 0.1) is 12.6 Å². The molecule has 7 nitrogen and oxygen atoms in total. The molecule has 0 saturated carbocycles. The number of benzene rings is 1. The van der Waals surface area contributed by atoms with E-state index >= 15 is 0 Å². The van der Waals surface area contributed by atoms with E-state index in [2.05, 4.69) is 15.0 Å². The molecular weight excluding hydrogens is 304 g/mol. The van der Waals surface area contributed by atoms with Crippen molar-refractivity contribution in [3.05, 3.63) is 48.5 Å². The van der Waals surface area contributed by atoms with Crippen molar-refractivity contribution in [2.75, 3.05) is 17.5 Å². The second kappa shape index (κ2) is 7.08. The highest BCUT2D eigenvalue weighted by molar-refractivity contribution is 7.92. The third-order valence-electron chi connectivity index (χ3n) is 2.87. The Morgan fingerprint density at radius 3 is 2.86 bits per heavy atom. The molecule has 0 bridgehead atoms. The van der Waals surface area contributed by atoms with Crippen LogP contribution in [0.25, 0.3) is 0 Å². The molecule has 1 aromatic carbocycles. The van der Waals surface area contributed by atoms with Crippen LogP contribution in [0.15, 0.2) is 43.0 Å². The van der Waals surface area contributed by atoms with Gasteiger partial charge in [-0.3, -0.25) is 9.52 Å². The summed E-state index contributed by atoms with van der Waals surface area (Å²) in [7, 11) is -3.36. The van der Waals surface area contributed by atoms with Crippen LogP contribution < -0.4 is 10.0 Å². The van der Waals surface area contributed by atoms with Crippen LogP contribution in [-0.4, -0.2) is 36.7 Å². The maximum Gasteiger partial charge on any atom is 0.251 e. The summed E-state index contributed by atoms with van der Waals surface area (Å²) in [5, 5.41) is 2.80. The Morgan fingerprint density at radius 1 is 1.36 bits per heavy atom. The van der Waals surface area contributed by atoms with Gasteiger partial charge >= 0.3 is 0 Å². The van der Waals surface area contributed by atoms with Crippen LogP contribution in [0, 0.1) is 0 Å². The first-order valence-electron chi connectivity index (χ1n) is 6.76. The number of nitrogens with one attached hydrogen (secondary N) is 2. The van der Waals surface area contributed by atoms with Crippen LogP contribution in [0.4, 0.5) is 5.69 Å². The Bertz CT molecular complexity index is 726. The largest absolute Gasteiger partial charge is 0.352 e. The Hall–Kier alpha value is -2.35. The first-order chi connectivity index (χ1) is 10.4. The fourth-order valence-electron chi connectivity index (χ4n) is 1.92. The summed E-state index contributed by atoms with van der Waals surface area (Å²) in [4.78, 5) is 16.0. The molecule has 22 heavy (non-hydrogen) atoms. The Balaban J connectivity index is 1.85. The van der Waals surface area contributed by atoms with Crippen LogP contribution in [0.1, 0.15) is 16.8 Å². The first-order valence-corrected chi connectivity index (χ1v) is 8.65. The van der Waals surface area contributed by atoms with Crippen molar-refractivity contribution in [1.82, 2.24) is 14.9 Å². The molecule has 0 atom stereocenters. The average molecular weight is 322 g/mol. The smallest absolute Gasteiger partial charge is 0.251 e. The van der Waals surface area contributed by atoms with E-state index < -0.39 is 10.0 Å². The molecule has 1 aromatic heterocycles. The van der Waals surface area contributed by atoms with Crippen molar-refractivity contribution >= 4 is 21.6 Å². The van der Waals surface area contributed by atoms with Crippen molar-refractivity contribution < 1.29 is 13.2 Å². The second-order valence-corrected chi connectivity index (χ2v) is 6.61. The zero-order valence-corrected chi connectivity index (χ0v) is 13.0. The number of aromatic nitrogens is 2. The molecule has 0 aliphatic carbocycles. The number of rotatable bonds is 7. The monoisotopic (exact) mass is 322 g/mol. The molecule has 1 amide bonds. The third-order valence-corrected chi connectivity index (χ3v) is 3.47.